The summed E-state index contributed by atoms with van der Waals surface area (Å²) in [5, 5.41) is 0. The van der Waals surface area contributed by atoms with Crippen LogP contribution in [0.25, 0.3) is 0 Å². The van der Waals surface area contributed by atoms with Gasteiger partial charge < -0.3 is 4.65 Å². The van der Waals surface area contributed by atoms with Gasteiger partial charge in [0.25, 0.3) is 0 Å². The van der Waals surface area contributed by atoms with Crippen molar-refractivity contribution in [1.29, 1.82) is 0 Å². The van der Waals surface area contributed by atoms with Crippen molar-refractivity contribution in [3.8, 4) is 5.75 Å². The van der Waals surface area contributed by atoms with Gasteiger partial charge in [0, 0.05) is 0 Å². The Kier molecular flexibility index (Phi) is 5.01. The molecule has 1 aromatic rings. The van der Waals surface area contributed by atoms with E-state index in [1.807, 2.05) is 0 Å². The van der Waals surface area contributed by atoms with E-state index in [2.05, 4.69) is 68.4 Å². The van der Waals surface area contributed by atoms with E-state index in [0.717, 1.165) is 0 Å². The Hall–Kier alpha value is 0.795. The van der Waals surface area contributed by atoms with Gasteiger partial charge in [0.15, 0.2) is 11.6 Å². The lowest BCUT2D eigenvalue weighted by atomic mass is 10.3. The summed E-state index contributed by atoms with van der Waals surface area (Å²) in [4.78, 5) is 0. The van der Waals surface area contributed by atoms with Gasteiger partial charge in [-0.25, -0.2) is 13.0 Å². The highest BCUT2D eigenvalue weighted by Gasteiger charge is 2.26. The highest BCUT2D eigenvalue weighted by molar-refractivity contribution is 9.15. The van der Waals surface area contributed by atoms with E-state index in [4.69, 9.17) is 0 Å². The zero-order valence-electron chi connectivity index (χ0n) is 6.63. The van der Waals surface area contributed by atoms with Crippen molar-refractivity contribution in [2.24, 2.45) is 0 Å². The first-order valence-corrected chi connectivity index (χ1v) is 6.49. The van der Waals surface area contributed by atoms with E-state index < -0.39 is 19.0 Å². The third kappa shape index (κ3) is 2.92. The first-order chi connectivity index (χ1) is 6.86. The van der Waals surface area contributed by atoms with Crippen LogP contribution < -0.4 is 4.65 Å². The maximum absolute atomic E-state index is 13.5. The lowest BCUT2D eigenvalue weighted by Gasteiger charge is -2.11. The van der Waals surface area contributed by atoms with Crippen molar-refractivity contribution in [2.45, 2.75) is 0 Å². The van der Waals surface area contributed by atoms with Crippen LogP contribution in [0.15, 0.2) is 17.9 Å². The van der Waals surface area contributed by atoms with E-state index in [1.54, 1.807) is 0 Å². The summed E-state index contributed by atoms with van der Waals surface area (Å²) in [5.41, 5.74) is 0. The molecular formula is C6BBr4F3O. The maximum atomic E-state index is 13.5. The van der Waals surface area contributed by atoms with E-state index in [9.17, 15) is 13.0 Å². The molecule has 0 bridgehead atoms. The number of hydrogen-bond donors (Lipinski definition) is 0. The van der Waals surface area contributed by atoms with Gasteiger partial charge in [-0.05, 0) is 63.7 Å². The molecule has 0 aromatic heterocycles. The summed E-state index contributed by atoms with van der Waals surface area (Å²) in [6.07, 6.45) is 0. The fourth-order valence-corrected chi connectivity index (χ4v) is 2.90. The largest absolute Gasteiger partial charge is 0.796 e. The Labute approximate surface area is 117 Å². The summed E-state index contributed by atoms with van der Waals surface area (Å²) in [6.45, 7) is 0. The smallest absolute Gasteiger partial charge is 0.502 e. The zero-order chi connectivity index (χ0) is 11.7. The Bertz CT molecular complexity index is 371. The van der Waals surface area contributed by atoms with Crippen LogP contribution in [0.4, 0.5) is 13.0 Å². The second-order valence-corrected chi connectivity index (χ2v) is 5.45. The summed E-state index contributed by atoms with van der Waals surface area (Å²) in [7, 11) is -3.09. The summed E-state index contributed by atoms with van der Waals surface area (Å²) in [6, 6.07) is 0. The van der Waals surface area contributed by atoms with E-state index >= 15 is 0 Å². The lowest BCUT2D eigenvalue weighted by Crippen LogP contribution is -2.10. The third-order valence-electron chi connectivity index (χ3n) is 1.38. The van der Waals surface area contributed by atoms with E-state index in [1.165, 1.54) is 0 Å². The molecule has 9 heteroatoms. The molecule has 0 aliphatic heterocycles. The van der Waals surface area contributed by atoms with Crippen LogP contribution in [0.1, 0.15) is 0 Å². The molecule has 1 nitrogen and oxygen atoms in total. The molecule has 82 valence electrons. The van der Waals surface area contributed by atoms with Gasteiger partial charge in [-0.1, -0.05) is 0 Å². The van der Waals surface area contributed by atoms with Crippen LogP contribution in [-0.4, -0.2) is 7.47 Å². The standard InChI is InChI=1S/C6BBr4F3O/c8-1-2(9)4(11)6(15-7(13)14)5(12)3(1)10. The van der Waals surface area contributed by atoms with E-state index in [0.29, 0.717) is 8.95 Å². The first kappa shape index (κ1) is 13.9. The van der Waals surface area contributed by atoms with Crippen LogP contribution in [0.3, 0.4) is 0 Å². The van der Waals surface area contributed by atoms with Crippen LogP contribution in [0, 0.1) is 5.82 Å². The molecule has 0 unspecified atom stereocenters. The predicted molar refractivity (Wildman–Crippen MR) is 65.8 cm³/mol. The Morgan fingerprint density at radius 3 is 1.80 bits per heavy atom. The normalized spacial score (nSPS) is 10.3. The SMILES string of the molecule is FB(F)Oc1c(F)c(Br)c(Br)c(Br)c1Br. The molecule has 1 rings (SSSR count). The molecule has 0 saturated heterocycles. The zero-order valence-corrected chi connectivity index (χ0v) is 13.0. The van der Waals surface area contributed by atoms with Crippen molar-refractivity contribution >= 4 is 71.2 Å². The minimum absolute atomic E-state index is 0.00762. The number of hydrogen-bond acceptors (Lipinski definition) is 1. The summed E-state index contributed by atoms with van der Waals surface area (Å²) < 4.78 is 42.4. The summed E-state index contributed by atoms with van der Waals surface area (Å²) >= 11 is 12.0. The Morgan fingerprint density at radius 1 is 0.867 bits per heavy atom. The fourth-order valence-electron chi connectivity index (χ4n) is 0.777. The monoisotopic (exact) mass is 472 g/mol. The van der Waals surface area contributed by atoms with Gasteiger partial charge >= 0.3 is 7.47 Å². The van der Waals surface area contributed by atoms with Gasteiger partial charge in [0.1, 0.15) is 0 Å². The quantitative estimate of drug-likeness (QED) is 0.326. The van der Waals surface area contributed by atoms with Gasteiger partial charge in [-0.15, -0.1) is 0 Å². The van der Waals surface area contributed by atoms with Gasteiger partial charge in [-0.2, -0.15) is 0 Å². The Balaban J connectivity index is 3.39. The van der Waals surface area contributed by atoms with Crippen molar-refractivity contribution in [1.82, 2.24) is 0 Å². The Morgan fingerprint density at radius 2 is 1.33 bits per heavy atom. The minimum atomic E-state index is -3.09. The average Bonchev–Trinajstić information content (AvgIpc) is 2.18. The van der Waals surface area contributed by atoms with E-state index in [-0.39, 0.29) is 8.95 Å². The highest BCUT2D eigenvalue weighted by Crippen LogP contribution is 2.45. The number of halogens is 7. The molecular weight excluding hydrogens is 475 g/mol. The molecule has 0 atom stereocenters. The van der Waals surface area contributed by atoms with Crippen LogP contribution >= 0.6 is 63.7 Å². The highest BCUT2D eigenvalue weighted by atomic mass is 79.9. The molecule has 15 heavy (non-hydrogen) atoms. The van der Waals surface area contributed by atoms with Gasteiger partial charge in [-0.3, -0.25) is 0 Å². The average molecular weight is 475 g/mol. The number of benzene rings is 1. The molecule has 1 aromatic carbocycles. The van der Waals surface area contributed by atoms with Crippen molar-refractivity contribution < 1.29 is 17.7 Å². The molecule has 0 N–H and O–H groups in total. The molecule has 0 radical (unpaired) electrons. The van der Waals surface area contributed by atoms with Gasteiger partial charge in [0.05, 0.1) is 17.9 Å². The second-order valence-electron chi connectivity index (χ2n) is 2.28. The lowest BCUT2D eigenvalue weighted by molar-refractivity contribution is 0.401. The first-order valence-electron chi connectivity index (χ1n) is 3.32. The molecule has 0 saturated carbocycles. The van der Waals surface area contributed by atoms with Crippen LogP contribution in [0.2, 0.25) is 0 Å². The molecule has 0 aliphatic carbocycles. The molecule has 0 aliphatic rings. The molecule has 0 heterocycles. The van der Waals surface area contributed by atoms with Crippen LogP contribution in [-0.2, 0) is 0 Å². The summed E-state index contributed by atoms with van der Waals surface area (Å²) in [5.74, 6) is -1.45. The second kappa shape index (κ2) is 5.42. The molecule has 0 spiro atoms. The maximum Gasteiger partial charge on any atom is 0.796 e. The topological polar surface area (TPSA) is 9.23 Å². The minimum Gasteiger partial charge on any atom is -0.502 e. The molecule has 0 amide bonds. The van der Waals surface area contributed by atoms with Crippen molar-refractivity contribution in [3.63, 3.8) is 0 Å². The fraction of sp³-hybridized carbons (Fsp3) is 0. The van der Waals surface area contributed by atoms with Crippen molar-refractivity contribution in [2.75, 3.05) is 0 Å². The predicted octanol–water partition coefficient (Wildman–Crippen LogP) is 5.18. The van der Waals surface area contributed by atoms with Gasteiger partial charge in [0.2, 0.25) is 0 Å². The third-order valence-corrected chi connectivity index (χ3v) is 6.06. The van der Waals surface area contributed by atoms with Crippen molar-refractivity contribution in [3.05, 3.63) is 23.7 Å². The van der Waals surface area contributed by atoms with Crippen LogP contribution in [0.5, 0.6) is 5.75 Å². The molecule has 0 fully saturated rings. The number of rotatable bonds is 2.